The predicted octanol–water partition coefficient (Wildman–Crippen LogP) is 0.658. The second-order valence-corrected chi connectivity index (χ2v) is 6.73. The number of hydrogen-bond acceptors (Lipinski definition) is 7. The number of hydrogen-bond donors (Lipinski definition) is 2. The number of ether oxygens (including phenoxy) is 4. The molecule has 9 heteroatoms. The predicted molar refractivity (Wildman–Crippen MR) is 108 cm³/mol. The lowest BCUT2D eigenvalue weighted by Gasteiger charge is -2.09. The lowest BCUT2D eigenvalue weighted by atomic mass is 10.1. The van der Waals surface area contributed by atoms with Crippen LogP contribution in [0.1, 0.15) is 30.5 Å². The Labute approximate surface area is 170 Å². The van der Waals surface area contributed by atoms with E-state index >= 15 is 0 Å². The molecule has 0 aromatic rings. The lowest BCUT2D eigenvalue weighted by Crippen LogP contribution is -2.34. The van der Waals surface area contributed by atoms with Gasteiger partial charge in [0.1, 0.15) is 6.61 Å². The number of amides is 2. The van der Waals surface area contributed by atoms with E-state index in [1.807, 2.05) is 13.8 Å². The standard InChI is InChI=1S/C19H36N2O7.2H2/c1-15(2)17(22)13-21-18(23)14-28-12-11-27-10-9-26-8-7-25-6-5-20-19(24)16(3)4;;/h15-16H,5-14H2,1-4H3,(H,20,24)(H,21,23);2*1H. The Balaban J connectivity index is -0.00000364. The molecule has 2 N–H and O–H groups in total. The second-order valence-electron chi connectivity index (χ2n) is 6.73. The molecule has 0 heterocycles. The van der Waals surface area contributed by atoms with Crippen molar-refractivity contribution in [2.45, 2.75) is 27.7 Å². The van der Waals surface area contributed by atoms with Crippen LogP contribution in [0.25, 0.3) is 0 Å². The number of Topliss-reactive ketones (excluding diaryl/α,β-unsaturated/α-hetero) is 1. The van der Waals surface area contributed by atoms with Crippen molar-refractivity contribution in [1.29, 1.82) is 0 Å². The molecular weight excluding hydrogens is 368 g/mol. The lowest BCUT2D eigenvalue weighted by molar-refractivity contribution is -0.129. The summed E-state index contributed by atoms with van der Waals surface area (Å²) in [7, 11) is 0. The van der Waals surface area contributed by atoms with Gasteiger partial charge in [-0.1, -0.05) is 27.7 Å². The van der Waals surface area contributed by atoms with Crippen LogP contribution in [-0.2, 0) is 33.3 Å². The molecule has 0 aromatic heterocycles. The number of carbonyl (C=O) groups excluding carboxylic acids is 3. The van der Waals surface area contributed by atoms with Gasteiger partial charge in [-0.3, -0.25) is 14.4 Å². The minimum absolute atomic E-state index is 0. The van der Waals surface area contributed by atoms with Crippen molar-refractivity contribution in [1.82, 2.24) is 10.6 Å². The molecule has 2 amide bonds. The number of rotatable bonds is 18. The largest absolute Gasteiger partial charge is 0.377 e. The molecule has 168 valence electrons. The number of carbonyl (C=O) groups is 3. The van der Waals surface area contributed by atoms with Crippen molar-refractivity contribution in [2.75, 3.05) is 65.9 Å². The fourth-order valence-corrected chi connectivity index (χ4v) is 1.72. The van der Waals surface area contributed by atoms with Crippen LogP contribution in [0.3, 0.4) is 0 Å². The van der Waals surface area contributed by atoms with Crippen molar-refractivity contribution in [3.05, 3.63) is 0 Å². The number of nitrogens with one attached hydrogen (secondary N) is 2. The highest BCUT2D eigenvalue weighted by molar-refractivity contribution is 5.87. The van der Waals surface area contributed by atoms with Crippen molar-refractivity contribution in [3.8, 4) is 0 Å². The molecule has 0 bridgehead atoms. The maximum Gasteiger partial charge on any atom is 0.246 e. The smallest absolute Gasteiger partial charge is 0.246 e. The van der Waals surface area contributed by atoms with Crippen molar-refractivity contribution < 1.29 is 36.2 Å². The van der Waals surface area contributed by atoms with Crippen molar-refractivity contribution in [2.24, 2.45) is 11.8 Å². The van der Waals surface area contributed by atoms with Gasteiger partial charge in [0.25, 0.3) is 0 Å². The van der Waals surface area contributed by atoms with Gasteiger partial charge in [0.05, 0.1) is 52.8 Å². The minimum atomic E-state index is -0.318. The quantitative estimate of drug-likeness (QED) is 0.320. The third-order valence-electron chi connectivity index (χ3n) is 3.52. The highest BCUT2D eigenvalue weighted by atomic mass is 16.6. The topological polar surface area (TPSA) is 112 Å². The highest BCUT2D eigenvalue weighted by Crippen LogP contribution is 1.92. The molecule has 0 aromatic carbocycles. The summed E-state index contributed by atoms with van der Waals surface area (Å²) in [6, 6.07) is 0. The van der Waals surface area contributed by atoms with Crippen LogP contribution in [-0.4, -0.2) is 83.5 Å². The zero-order valence-corrected chi connectivity index (χ0v) is 17.6. The molecule has 0 aliphatic rings. The van der Waals surface area contributed by atoms with Crippen LogP contribution in [0.5, 0.6) is 0 Å². The Kier molecular flexibility index (Phi) is 16.6. The molecule has 0 aliphatic heterocycles. The normalized spacial score (nSPS) is 11.1. The van der Waals surface area contributed by atoms with E-state index in [1.165, 1.54) is 0 Å². The van der Waals surface area contributed by atoms with Crippen LogP contribution in [0.2, 0.25) is 0 Å². The fourth-order valence-electron chi connectivity index (χ4n) is 1.72. The summed E-state index contributed by atoms with van der Waals surface area (Å²) < 4.78 is 21.2. The Hall–Kier alpha value is -1.55. The van der Waals surface area contributed by atoms with Gasteiger partial charge in [0, 0.05) is 21.2 Å². The summed E-state index contributed by atoms with van der Waals surface area (Å²) in [5, 5.41) is 5.27. The average Bonchev–Trinajstić information content (AvgIpc) is 2.65. The summed E-state index contributed by atoms with van der Waals surface area (Å²) in [4.78, 5) is 34.1. The van der Waals surface area contributed by atoms with Gasteiger partial charge >= 0.3 is 0 Å². The zero-order chi connectivity index (χ0) is 21.2. The van der Waals surface area contributed by atoms with E-state index in [0.717, 1.165) is 0 Å². The van der Waals surface area contributed by atoms with Gasteiger partial charge in [-0.25, -0.2) is 0 Å². The molecule has 0 atom stereocenters. The van der Waals surface area contributed by atoms with Crippen LogP contribution >= 0.6 is 0 Å². The summed E-state index contributed by atoms with van der Waals surface area (Å²) in [5.41, 5.74) is 0. The molecule has 0 spiro atoms. The first kappa shape index (κ1) is 26.4. The van der Waals surface area contributed by atoms with E-state index in [2.05, 4.69) is 10.6 Å². The van der Waals surface area contributed by atoms with Gasteiger partial charge in [-0.15, -0.1) is 0 Å². The van der Waals surface area contributed by atoms with Gasteiger partial charge < -0.3 is 29.6 Å². The first-order valence-electron chi connectivity index (χ1n) is 9.72. The Morgan fingerprint density at radius 3 is 1.71 bits per heavy atom. The number of ketones is 1. The summed E-state index contributed by atoms with van der Waals surface area (Å²) >= 11 is 0. The van der Waals surface area contributed by atoms with E-state index in [0.29, 0.717) is 46.2 Å². The van der Waals surface area contributed by atoms with Gasteiger partial charge in [0.15, 0.2) is 5.78 Å². The SMILES string of the molecule is CC(C)C(=O)CNC(=O)COCCOCCOCCOCCNC(=O)C(C)C.[HH].[HH]. The van der Waals surface area contributed by atoms with Crippen LogP contribution in [0, 0.1) is 11.8 Å². The average molecular weight is 409 g/mol. The first-order chi connectivity index (χ1) is 13.3. The van der Waals surface area contributed by atoms with Crippen molar-refractivity contribution in [3.63, 3.8) is 0 Å². The molecule has 0 fully saturated rings. The Morgan fingerprint density at radius 2 is 1.21 bits per heavy atom. The Morgan fingerprint density at radius 1 is 0.714 bits per heavy atom. The molecule has 0 aliphatic carbocycles. The van der Waals surface area contributed by atoms with E-state index in [4.69, 9.17) is 18.9 Å². The maximum absolute atomic E-state index is 11.5. The van der Waals surface area contributed by atoms with Crippen molar-refractivity contribution >= 4 is 17.6 Å². The van der Waals surface area contributed by atoms with Crippen LogP contribution < -0.4 is 10.6 Å². The van der Waals surface area contributed by atoms with Crippen LogP contribution in [0.4, 0.5) is 0 Å². The molecule has 28 heavy (non-hydrogen) atoms. The zero-order valence-electron chi connectivity index (χ0n) is 17.6. The van der Waals surface area contributed by atoms with E-state index < -0.39 is 0 Å². The Bertz CT molecular complexity index is 453. The summed E-state index contributed by atoms with van der Waals surface area (Å²) in [5.74, 6) is -0.434. The summed E-state index contributed by atoms with van der Waals surface area (Å²) in [6.07, 6.45) is 0. The molecular formula is C19H40N2O7. The molecule has 9 nitrogen and oxygen atoms in total. The third kappa shape index (κ3) is 16.6. The molecule has 0 saturated heterocycles. The van der Waals surface area contributed by atoms with E-state index in [1.54, 1.807) is 13.8 Å². The summed E-state index contributed by atoms with van der Waals surface area (Å²) in [6.45, 7) is 10.5. The van der Waals surface area contributed by atoms with Gasteiger partial charge in [-0.2, -0.15) is 0 Å². The van der Waals surface area contributed by atoms with Gasteiger partial charge in [-0.05, 0) is 0 Å². The van der Waals surface area contributed by atoms with E-state index in [-0.39, 0.29) is 52.0 Å². The fraction of sp³-hybridized carbons (Fsp3) is 0.842. The highest BCUT2D eigenvalue weighted by Gasteiger charge is 2.09. The second kappa shape index (κ2) is 17.5. The van der Waals surface area contributed by atoms with Gasteiger partial charge in [0.2, 0.25) is 11.8 Å². The van der Waals surface area contributed by atoms with E-state index in [9.17, 15) is 14.4 Å². The molecule has 0 radical (unpaired) electrons. The minimum Gasteiger partial charge on any atom is -0.377 e. The van der Waals surface area contributed by atoms with Crippen LogP contribution in [0.15, 0.2) is 0 Å². The third-order valence-corrected chi connectivity index (χ3v) is 3.52. The first-order valence-corrected chi connectivity index (χ1v) is 9.72. The molecule has 0 unspecified atom stereocenters. The maximum atomic E-state index is 11.5. The molecule has 0 saturated carbocycles. The monoisotopic (exact) mass is 408 g/mol. The molecule has 0 rings (SSSR count).